The standard InChI is InChI=1S/C24H36N6O2/c1-7-29(8-2)22(32)24(12-10-9-11-13-24)27-21(31)15-20-18(5)28-30(19(20)6)23-25-16(3)14-17(4)26-23/h14H,7-13,15H2,1-6H3,(H,27,31). The highest BCUT2D eigenvalue weighted by Gasteiger charge is 2.42. The van der Waals surface area contributed by atoms with Crippen LogP contribution in [0.4, 0.5) is 0 Å². The van der Waals surface area contributed by atoms with Gasteiger partial charge in [-0.2, -0.15) is 5.10 Å². The molecule has 1 fully saturated rings. The van der Waals surface area contributed by atoms with E-state index < -0.39 is 5.54 Å². The van der Waals surface area contributed by atoms with Gasteiger partial charge in [0.2, 0.25) is 11.8 Å². The van der Waals surface area contributed by atoms with E-state index in [1.165, 1.54) is 0 Å². The third kappa shape index (κ3) is 4.84. The number of rotatable bonds is 7. The van der Waals surface area contributed by atoms with E-state index in [-0.39, 0.29) is 18.2 Å². The Morgan fingerprint density at radius 3 is 2.19 bits per heavy atom. The van der Waals surface area contributed by atoms with Gasteiger partial charge in [-0.05, 0) is 60.5 Å². The van der Waals surface area contributed by atoms with E-state index in [9.17, 15) is 9.59 Å². The molecule has 174 valence electrons. The molecule has 8 nitrogen and oxygen atoms in total. The van der Waals surface area contributed by atoms with Crippen molar-refractivity contribution in [2.24, 2.45) is 0 Å². The minimum absolute atomic E-state index is 0.0447. The van der Waals surface area contributed by atoms with Crippen molar-refractivity contribution in [2.75, 3.05) is 13.1 Å². The van der Waals surface area contributed by atoms with Crippen LogP contribution in [0, 0.1) is 27.7 Å². The average molecular weight is 441 g/mol. The van der Waals surface area contributed by atoms with Gasteiger partial charge in [0.1, 0.15) is 5.54 Å². The molecule has 2 heterocycles. The first-order chi connectivity index (χ1) is 15.2. The van der Waals surface area contributed by atoms with Crippen LogP contribution in [0.1, 0.15) is 74.3 Å². The summed E-state index contributed by atoms with van der Waals surface area (Å²) >= 11 is 0. The van der Waals surface area contributed by atoms with Crippen LogP contribution in [0.5, 0.6) is 0 Å². The topological polar surface area (TPSA) is 93.0 Å². The Balaban J connectivity index is 1.84. The summed E-state index contributed by atoms with van der Waals surface area (Å²) in [6.45, 7) is 12.9. The summed E-state index contributed by atoms with van der Waals surface area (Å²) in [6, 6.07) is 1.92. The lowest BCUT2D eigenvalue weighted by Crippen LogP contribution is -2.60. The molecule has 1 saturated carbocycles. The number of nitrogens with zero attached hydrogens (tertiary/aromatic N) is 5. The summed E-state index contributed by atoms with van der Waals surface area (Å²) in [5.74, 6) is 0.415. The first kappa shape index (κ1) is 23.9. The summed E-state index contributed by atoms with van der Waals surface area (Å²) in [5, 5.41) is 7.76. The molecule has 0 aliphatic heterocycles. The molecule has 1 aliphatic rings. The van der Waals surface area contributed by atoms with E-state index in [2.05, 4.69) is 20.4 Å². The Labute approximate surface area is 190 Å². The van der Waals surface area contributed by atoms with E-state index in [1.54, 1.807) is 4.68 Å². The molecule has 1 aliphatic carbocycles. The number of amides is 2. The molecule has 0 aromatic carbocycles. The molecule has 2 aromatic heterocycles. The highest BCUT2D eigenvalue weighted by molar-refractivity contribution is 5.92. The number of nitrogens with one attached hydrogen (secondary N) is 1. The lowest BCUT2D eigenvalue weighted by molar-refractivity contribution is -0.143. The van der Waals surface area contributed by atoms with Gasteiger partial charge in [0, 0.05) is 35.7 Å². The number of hydrogen-bond acceptors (Lipinski definition) is 5. The molecule has 0 atom stereocenters. The molecule has 0 saturated heterocycles. The fourth-order valence-corrected chi connectivity index (χ4v) is 4.76. The number of carbonyl (C=O) groups is 2. The monoisotopic (exact) mass is 440 g/mol. The molecule has 2 aromatic rings. The van der Waals surface area contributed by atoms with Crippen molar-refractivity contribution in [3.8, 4) is 5.95 Å². The highest BCUT2D eigenvalue weighted by atomic mass is 16.2. The summed E-state index contributed by atoms with van der Waals surface area (Å²) in [4.78, 5) is 37.4. The van der Waals surface area contributed by atoms with Crippen molar-refractivity contribution < 1.29 is 9.59 Å². The van der Waals surface area contributed by atoms with Gasteiger partial charge in [-0.3, -0.25) is 9.59 Å². The van der Waals surface area contributed by atoms with Gasteiger partial charge in [-0.15, -0.1) is 0 Å². The molecule has 0 spiro atoms. The highest BCUT2D eigenvalue weighted by Crippen LogP contribution is 2.30. The maximum absolute atomic E-state index is 13.3. The van der Waals surface area contributed by atoms with Gasteiger partial charge >= 0.3 is 0 Å². The Hall–Kier alpha value is -2.77. The molecule has 0 unspecified atom stereocenters. The summed E-state index contributed by atoms with van der Waals surface area (Å²) in [5.41, 5.74) is 3.41. The Bertz CT molecular complexity index is 966. The normalized spacial score (nSPS) is 15.4. The molecule has 32 heavy (non-hydrogen) atoms. The molecular weight excluding hydrogens is 404 g/mol. The van der Waals surface area contributed by atoms with Crippen molar-refractivity contribution in [1.82, 2.24) is 30.0 Å². The predicted molar refractivity (Wildman–Crippen MR) is 124 cm³/mol. The third-order valence-electron chi connectivity index (χ3n) is 6.48. The second-order valence-electron chi connectivity index (χ2n) is 8.86. The molecule has 8 heteroatoms. The zero-order chi connectivity index (χ0) is 23.5. The molecule has 0 bridgehead atoms. The number of aryl methyl sites for hydroxylation is 3. The zero-order valence-electron chi connectivity index (χ0n) is 20.3. The van der Waals surface area contributed by atoms with E-state index in [0.29, 0.717) is 31.9 Å². The number of carbonyl (C=O) groups excluding carboxylic acids is 2. The van der Waals surface area contributed by atoms with Crippen LogP contribution in [0.3, 0.4) is 0 Å². The lowest BCUT2D eigenvalue weighted by Gasteiger charge is -2.40. The fraction of sp³-hybridized carbons (Fsp3) is 0.625. The smallest absolute Gasteiger partial charge is 0.251 e. The van der Waals surface area contributed by atoms with E-state index >= 15 is 0 Å². The van der Waals surface area contributed by atoms with Crippen LogP contribution in [-0.4, -0.2) is 55.1 Å². The quantitative estimate of drug-likeness (QED) is 0.714. The van der Waals surface area contributed by atoms with Gasteiger partial charge in [0.05, 0.1) is 12.1 Å². The van der Waals surface area contributed by atoms with E-state index in [0.717, 1.165) is 47.6 Å². The second-order valence-corrected chi connectivity index (χ2v) is 8.86. The van der Waals surface area contributed by atoms with Gasteiger partial charge in [-0.1, -0.05) is 19.3 Å². The van der Waals surface area contributed by atoms with Crippen molar-refractivity contribution in [3.05, 3.63) is 34.4 Å². The molecule has 0 radical (unpaired) electrons. The van der Waals surface area contributed by atoms with Crippen molar-refractivity contribution in [3.63, 3.8) is 0 Å². The van der Waals surface area contributed by atoms with Gasteiger partial charge in [0.25, 0.3) is 5.95 Å². The first-order valence-electron chi connectivity index (χ1n) is 11.7. The average Bonchev–Trinajstić information content (AvgIpc) is 3.02. The number of hydrogen-bond donors (Lipinski definition) is 1. The predicted octanol–water partition coefficient (Wildman–Crippen LogP) is 3.13. The maximum atomic E-state index is 13.3. The van der Waals surface area contributed by atoms with Crippen LogP contribution >= 0.6 is 0 Å². The Morgan fingerprint density at radius 1 is 1.03 bits per heavy atom. The summed E-state index contributed by atoms with van der Waals surface area (Å²) < 4.78 is 1.70. The molecular formula is C24H36N6O2. The van der Waals surface area contributed by atoms with Crippen LogP contribution in [-0.2, 0) is 16.0 Å². The minimum atomic E-state index is -0.796. The van der Waals surface area contributed by atoms with E-state index in [4.69, 9.17) is 0 Å². The molecule has 3 rings (SSSR count). The van der Waals surface area contributed by atoms with Crippen molar-refractivity contribution in [1.29, 1.82) is 0 Å². The van der Waals surface area contributed by atoms with Crippen LogP contribution in [0.2, 0.25) is 0 Å². The Kier molecular flexibility index (Phi) is 7.31. The summed E-state index contributed by atoms with van der Waals surface area (Å²) in [7, 11) is 0. The van der Waals surface area contributed by atoms with Crippen LogP contribution in [0.15, 0.2) is 6.07 Å². The SMILES string of the molecule is CCN(CC)C(=O)C1(NC(=O)Cc2c(C)nn(-c3nc(C)cc(C)n3)c2C)CCCCC1. The van der Waals surface area contributed by atoms with Gasteiger partial charge < -0.3 is 10.2 Å². The number of aromatic nitrogens is 4. The van der Waals surface area contributed by atoms with E-state index in [1.807, 2.05) is 52.5 Å². The fourth-order valence-electron chi connectivity index (χ4n) is 4.76. The largest absolute Gasteiger partial charge is 0.341 e. The minimum Gasteiger partial charge on any atom is -0.341 e. The number of likely N-dealkylation sites (N-methyl/N-ethyl adjacent to an activating group) is 1. The maximum Gasteiger partial charge on any atom is 0.251 e. The summed E-state index contributed by atoms with van der Waals surface area (Å²) in [6.07, 6.45) is 4.57. The van der Waals surface area contributed by atoms with Crippen LogP contribution < -0.4 is 5.32 Å². The van der Waals surface area contributed by atoms with Gasteiger partial charge in [-0.25, -0.2) is 14.6 Å². The lowest BCUT2D eigenvalue weighted by atomic mass is 9.80. The third-order valence-corrected chi connectivity index (χ3v) is 6.48. The zero-order valence-corrected chi connectivity index (χ0v) is 20.3. The second kappa shape index (κ2) is 9.79. The van der Waals surface area contributed by atoms with Gasteiger partial charge in [0.15, 0.2) is 0 Å². The van der Waals surface area contributed by atoms with Crippen molar-refractivity contribution >= 4 is 11.8 Å². The van der Waals surface area contributed by atoms with Crippen molar-refractivity contribution in [2.45, 2.75) is 85.6 Å². The molecule has 1 N–H and O–H groups in total. The molecule has 2 amide bonds. The van der Waals surface area contributed by atoms with Crippen LogP contribution in [0.25, 0.3) is 5.95 Å². The first-order valence-corrected chi connectivity index (χ1v) is 11.7. The Morgan fingerprint density at radius 2 is 1.62 bits per heavy atom.